The zero-order valence-electron chi connectivity index (χ0n) is 16.7. The monoisotopic (exact) mass is 383 g/mol. The quantitative estimate of drug-likeness (QED) is 0.619. The number of aryl methyl sites for hydroxylation is 1. The Hall–Kier alpha value is -2.53. The molecule has 1 aliphatic heterocycles. The third kappa shape index (κ3) is 5.26. The van der Waals surface area contributed by atoms with Crippen molar-refractivity contribution in [2.75, 3.05) is 38.3 Å². The van der Waals surface area contributed by atoms with Crippen LogP contribution in [0.5, 0.6) is 5.75 Å². The fourth-order valence-corrected chi connectivity index (χ4v) is 3.60. The number of rotatable bonds is 9. The molecule has 0 aliphatic carbocycles. The standard InChI is InChI=1S/C23H29NO4/c1-3-27-22(23(25)26-2)17-18-10-12-20(13-11-18)28-16-15-24-14-6-8-19-7-4-5-9-21(19)24/h4-5,7,9-13,22H,3,6,8,14-17H2,1-2H3. The molecule has 1 heterocycles. The molecule has 1 aliphatic rings. The van der Waals surface area contributed by atoms with Crippen molar-refractivity contribution in [3.8, 4) is 5.75 Å². The van der Waals surface area contributed by atoms with Crippen molar-refractivity contribution in [1.82, 2.24) is 0 Å². The molecule has 0 fully saturated rings. The minimum atomic E-state index is -0.569. The molecule has 0 saturated heterocycles. The molecule has 1 unspecified atom stereocenters. The predicted molar refractivity (Wildman–Crippen MR) is 110 cm³/mol. The molecule has 2 aromatic rings. The van der Waals surface area contributed by atoms with Crippen LogP contribution in [0.4, 0.5) is 5.69 Å². The van der Waals surface area contributed by atoms with Gasteiger partial charge >= 0.3 is 5.97 Å². The number of hydrogen-bond donors (Lipinski definition) is 0. The number of esters is 1. The summed E-state index contributed by atoms with van der Waals surface area (Å²) < 4.78 is 16.2. The fourth-order valence-electron chi connectivity index (χ4n) is 3.60. The van der Waals surface area contributed by atoms with Crippen molar-refractivity contribution in [3.63, 3.8) is 0 Å². The first kappa shape index (κ1) is 20.2. The topological polar surface area (TPSA) is 48.0 Å². The highest BCUT2D eigenvalue weighted by Gasteiger charge is 2.20. The van der Waals surface area contributed by atoms with Gasteiger partial charge in [0.2, 0.25) is 0 Å². The summed E-state index contributed by atoms with van der Waals surface area (Å²) in [4.78, 5) is 14.2. The third-order valence-corrected chi connectivity index (χ3v) is 5.01. The van der Waals surface area contributed by atoms with E-state index in [0.29, 0.717) is 19.6 Å². The lowest BCUT2D eigenvalue weighted by Gasteiger charge is -2.31. The van der Waals surface area contributed by atoms with Gasteiger partial charge in [-0.2, -0.15) is 0 Å². The molecule has 2 aromatic carbocycles. The minimum absolute atomic E-state index is 0.344. The SMILES string of the molecule is CCOC(Cc1ccc(OCCN2CCCc3ccccc32)cc1)C(=O)OC. The zero-order valence-corrected chi connectivity index (χ0v) is 16.7. The molecule has 150 valence electrons. The molecular formula is C23H29NO4. The first-order valence-electron chi connectivity index (χ1n) is 9.95. The second-order valence-electron chi connectivity index (χ2n) is 6.88. The summed E-state index contributed by atoms with van der Waals surface area (Å²) >= 11 is 0. The highest BCUT2D eigenvalue weighted by Crippen LogP contribution is 2.26. The van der Waals surface area contributed by atoms with Crippen LogP contribution in [0.3, 0.4) is 0 Å². The van der Waals surface area contributed by atoms with E-state index in [1.54, 1.807) is 0 Å². The molecule has 0 bridgehead atoms. The van der Waals surface area contributed by atoms with E-state index in [1.165, 1.54) is 24.8 Å². The number of para-hydroxylation sites is 1. The average molecular weight is 383 g/mol. The molecule has 0 amide bonds. The summed E-state index contributed by atoms with van der Waals surface area (Å²) in [5.41, 5.74) is 3.77. The van der Waals surface area contributed by atoms with E-state index in [0.717, 1.165) is 30.8 Å². The van der Waals surface area contributed by atoms with Gasteiger partial charge in [0.1, 0.15) is 12.4 Å². The van der Waals surface area contributed by atoms with Gasteiger partial charge in [0.05, 0.1) is 13.7 Å². The molecule has 0 radical (unpaired) electrons. The Labute approximate surface area is 167 Å². The molecule has 0 aromatic heterocycles. The predicted octanol–water partition coefficient (Wildman–Crippen LogP) is 3.64. The lowest BCUT2D eigenvalue weighted by Crippen LogP contribution is -2.33. The number of ether oxygens (including phenoxy) is 3. The van der Waals surface area contributed by atoms with Crippen LogP contribution in [0, 0.1) is 0 Å². The number of benzene rings is 2. The lowest BCUT2D eigenvalue weighted by atomic mass is 10.0. The fraction of sp³-hybridized carbons (Fsp3) is 0.435. The van der Waals surface area contributed by atoms with E-state index < -0.39 is 6.10 Å². The van der Waals surface area contributed by atoms with E-state index in [4.69, 9.17) is 14.2 Å². The van der Waals surface area contributed by atoms with Gasteiger partial charge in [-0.3, -0.25) is 0 Å². The first-order chi connectivity index (χ1) is 13.7. The average Bonchev–Trinajstić information content (AvgIpc) is 2.74. The van der Waals surface area contributed by atoms with Crippen molar-refractivity contribution in [3.05, 3.63) is 59.7 Å². The Morgan fingerprint density at radius 1 is 1.14 bits per heavy atom. The highest BCUT2D eigenvalue weighted by molar-refractivity contribution is 5.75. The molecule has 1 atom stereocenters. The summed E-state index contributed by atoms with van der Waals surface area (Å²) in [5.74, 6) is 0.490. The lowest BCUT2D eigenvalue weighted by molar-refractivity contribution is -0.153. The van der Waals surface area contributed by atoms with Crippen molar-refractivity contribution >= 4 is 11.7 Å². The number of hydrogen-bond acceptors (Lipinski definition) is 5. The van der Waals surface area contributed by atoms with Gasteiger partial charge in [-0.1, -0.05) is 30.3 Å². The van der Waals surface area contributed by atoms with Crippen LogP contribution < -0.4 is 9.64 Å². The number of methoxy groups -OCH3 is 1. The molecule has 0 spiro atoms. The second-order valence-corrected chi connectivity index (χ2v) is 6.88. The van der Waals surface area contributed by atoms with Crippen LogP contribution in [-0.4, -0.2) is 45.5 Å². The molecule has 0 saturated carbocycles. The Bertz CT molecular complexity index is 759. The molecular weight excluding hydrogens is 354 g/mol. The number of carbonyl (C=O) groups excluding carboxylic acids is 1. The van der Waals surface area contributed by atoms with Gasteiger partial charge in [0, 0.05) is 25.3 Å². The molecule has 3 rings (SSSR count). The van der Waals surface area contributed by atoms with E-state index in [9.17, 15) is 4.79 Å². The number of fused-ring (bicyclic) bond motifs is 1. The molecule has 0 N–H and O–H groups in total. The van der Waals surface area contributed by atoms with Gasteiger partial charge < -0.3 is 19.1 Å². The Morgan fingerprint density at radius 2 is 1.93 bits per heavy atom. The van der Waals surface area contributed by atoms with Gasteiger partial charge in [0.15, 0.2) is 6.10 Å². The normalized spacial score (nSPS) is 14.3. The van der Waals surface area contributed by atoms with E-state index >= 15 is 0 Å². The summed E-state index contributed by atoms with van der Waals surface area (Å²) in [6.07, 6.45) is 2.27. The summed E-state index contributed by atoms with van der Waals surface area (Å²) in [5, 5.41) is 0. The maximum absolute atomic E-state index is 11.8. The van der Waals surface area contributed by atoms with Crippen molar-refractivity contribution in [2.24, 2.45) is 0 Å². The molecule has 5 heteroatoms. The van der Waals surface area contributed by atoms with Crippen molar-refractivity contribution < 1.29 is 19.0 Å². The Balaban J connectivity index is 1.50. The van der Waals surface area contributed by atoms with Gasteiger partial charge in [0.25, 0.3) is 0 Å². The Morgan fingerprint density at radius 3 is 2.68 bits per heavy atom. The van der Waals surface area contributed by atoms with E-state index in [-0.39, 0.29) is 5.97 Å². The van der Waals surface area contributed by atoms with Crippen LogP contribution >= 0.6 is 0 Å². The summed E-state index contributed by atoms with van der Waals surface area (Å²) in [6.45, 7) is 4.92. The summed E-state index contributed by atoms with van der Waals surface area (Å²) in [6, 6.07) is 16.4. The minimum Gasteiger partial charge on any atom is -0.492 e. The molecule has 5 nitrogen and oxygen atoms in total. The zero-order chi connectivity index (χ0) is 19.8. The van der Waals surface area contributed by atoms with Crippen LogP contribution in [0.15, 0.2) is 48.5 Å². The van der Waals surface area contributed by atoms with Crippen molar-refractivity contribution in [1.29, 1.82) is 0 Å². The largest absolute Gasteiger partial charge is 0.492 e. The van der Waals surface area contributed by atoms with Crippen molar-refractivity contribution in [2.45, 2.75) is 32.3 Å². The maximum Gasteiger partial charge on any atom is 0.335 e. The van der Waals surface area contributed by atoms with Gasteiger partial charge in [-0.05, 0) is 49.1 Å². The Kier molecular flexibility index (Phi) is 7.31. The third-order valence-electron chi connectivity index (χ3n) is 5.01. The smallest absolute Gasteiger partial charge is 0.335 e. The van der Waals surface area contributed by atoms with Crippen LogP contribution in [-0.2, 0) is 27.1 Å². The number of carbonyl (C=O) groups is 1. The van der Waals surface area contributed by atoms with E-state index in [1.807, 2.05) is 31.2 Å². The second kappa shape index (κ2) is 10.1. The van der Waals surface area contributed by atoms with Crippen LogP contribution in [0.2, 0.25) is 0 Å². The first-order valence-corrected chi connectivity index (χ1v) is 9.95. The maximum atomic E-state index is 11.8. The number of nitrogens with zero attached hydrogens (tertiary/aromatic N) is 1. The van der Waals surface area contributed by atoms with Gasteiger partial charge in [-0.15, -0.1) is 0 Å². The van der Waals surface area contributed by atoms with Gasteiger partial charge in [-0.25, -0.2) is 4.79 Å². The number of anilines is 1. The van der Waals surface area contributed by atoms with Crippen LogP contribution in [0.1, 0.15) is 24.5 Å². The van der Waals surface area contributed by atoms with E-state index in [2.05, 4.69) is 29.2 Å². The van der Waals surface area contributed by atoms with Crippen LogP contribution in [0.25, 0.3) is 0 Å². The highest BCUT2D eigenvalue weighted by atomic mass is 16.6. The molecule has 28 heavy (non-hydrogen) atoms. The summed E-state index contributed by atoms with van der Waals surface area (Å²) in [7, 11) is 1.38.